The van der Waals surface area contributed by atoms with Gasteiger partial charge in [0.15, 0.2) is 12.8 Å². The van der Waals surface area contributed by atoms with Crippen LogP contribution >= 0.6 is 11.3 Å². The van der Waals surface area contributed by atoms with Gasteiger partial charge >= 0.3 is 21.4 Å². The maximum absolute atomic E-state index is 14.2. The number of halogens is 3. The molecule has 0 saturated heterocycles. The van der Waals surface area contributed by atoms with Gasteiger partial charge < -0.3 is 83.3 Å². The average Bonchev–Trinajstić information content (AvgIpc) is 1.67. The predicted octanol–water partition coefficient (Wildman–Crippen LogP) is 8.10. The topological polar surface area (TPSA) is 329 Å². The number of oxazole rings is 2. The van der Waals surface area contributed by atoms with Crippen LogP contribution in [0.1, 0.15) is 107 Å². The Labute approximate surface area is 606 Å². The Morgan fingerprint density at radius 1 is 0.476 bits per heavy atom. The van der Waals surface area contributed by atoms with Crippen LogP contribution in [0.2, 0.25) is 0 Å². The maximum Gasteiger partial charge on any atom is 0.496 e. The second-order valence-electron chi connectivity index (χ2n) is 23.9. The molecule has 0 unspecified atom stereocenters. The van der Waals surface area contributed by atoms with E-state index in [9.17, 15) is 57.7 Å². The lowest BCUT2D eigenvalue weighted by Crippen LogP contribution is -2.32. The van der Waals surface area contributed by atoms with E-state index in [0.29, 0.717) is 62.5 Å². The van der Waals surface area contributed by atoms with Crippen molar-refractivity contribution >= 4 is 118 Å². The number of allylic oxidation sites excluding steroid dienone is 6. The van der Waals surface area contributed by atoms with Gasteiger partial charge in [0.25, 0.3) is 0 Å². The lowest BCUT2D eigenvalue weighted by Gasteiger charge is -2.14. The molecule has 3 amide bonds. The van der Waals surface area contributed by atoms with Crippen molar-refractivity contribution in [3.63, 3.8) is 0 Å². The SMILES string of the molecule is COc1cc(/C=C2/C(C)=C(CC(=O)NCc3cnco3)c3cc(F)ccc32)cc(OC)c1B(O)O.COc1cc(/C=C2/C(C)=C(CC(=O)NCc3cocn3)c3cc(F)ccc32)cc(OC)c1B(O)O.COc1cc(/C=C2/C(C)=C(CC(=O)NCc3nccs3)c3cc(F)ccc32)cc(OC)c1B(O)O. The van der Waals surface area contributed by atoms with Gasteiger partial charge in [-0.2, -0.15) is 0 Å². The number of ether oxygens (including phenoxy) is 6. The van der Waals surface area contributed by atoms with Crippen molar-refractivity contribution in [1.29, 1.82) is 0 Å². The predicted molar refractivity (Wildman–Crippen MR) is 393 cm³/mol. The third-order valence-electron chi connectivity index (χ3n) is 17.6. The summed E-state index contributed by atoms with van der Waals surface area (Å²) in [5.74, 6) is 0.189. The molecule has 9 N–H and O–H groups in total. The highest BCUT2D eigenvalue weighted by Gasteiger charge is 2.32. The van der Waals surface area contributed by atoms with Crippen molar-refractivity contribution in [3.05, 3.63) is 229 Å². The van der Waals surface area contributed by atoms with Crippen LogP contribution in [0.25, 0.3) is 51.7 Å². The standard InChI is InChI=1S/2C25H24BFN2O6.C25H24BFN2O5S/c1-14-19(6-15-7-22(33-2)25(26(31)32)23(8-15)34-3)18-5-4-16(27)9-21(18)20(14)10-24(30)28-11-17-12-35-13-29-17;1-14-19(6-15-7-22(33-2)25(26(31)32)23(8-15)34-3)18-5-4-16(27)9-21(18)20(14)10-24(30)29-12-17-11-28-13-35-17;1-14-18(8-15-9-21(33-2)25(26(31)32)22(10-15)34-3)17-5-4-16(27)11-20(17)19(14)12-23(30)29-13-24-28-6-7-35-24/h4-9,12-13,31-32H,10-11H2,1-3H3,(H,28,30);4-9,11,13,31-32H,10,12H2,1-3H3,(H,29,30);4-11,31-32H,12-13H2,1-3H3,(H,29,30)/b2*19-6-;18-8-. The van der Waals surface area contributed by atoms with E-state index in [1.807, 2.05) is 44.4 Å². The van der Waals surface area contributed by atoms with Crippen LogP contribution in [-0.2, 0) is 34.0 Å². The molecule has 0 bridgehead atoms. The van der Waals surface area contributed by atoms with Crippen molar-refractivity contribution in [2.45, 2.75) is 59.7 Å². The Bertz CT molecular complexity index is 4370. The maximum atomic E-state index is 14.2. The molecule has 3 aromatic heterocycles. The van der Waals surface area contributed by atoms with Crippen LogP contribution in [0.4, 0.5) is 13.2 Å². The molecule has 0 saturated carbocycles. The number of amides is 3. The average molecular weight is 1450 g/mol. The highest BCUT2D eigenvalue weighted by Crippen LogP contribution is 2.47. The second-order valence-corrected chi connectivity index (χ2v) is 24.9. The summed E-state index contributed by atoms with van der Waals surface area (Å²) in [4.78, 5) is 50.0. The first-order chi connectivity index (χ1) is 50.4. The van der Waals surface area contributed by atoms with E-state index in [1.165, 1.54) is 116 Å². The minimum absolute atomic E-state index is 0.0516. The van der Waals surface area contributed by atoms with Gasteiger partial charge in [-0.3, -0.25) is 14.4 Å². The Balaban J connectivity index is 0.000000169. The molecule has 105 heavy (non-hydrogen) atoms. The number of carbonyl (C=O) groups excluding carboxylic acids is 3. The molecular formula is C75H72B3F3N6O17S. The molecule has 30 heteroatoms. The molecule has 3 heterocycles. The number of nitrogens with one attached hydrogen (secondary N) is 3. The van der Waals surface area contributed by atoms with E-state index in [4.69, 9.17) is 37.3 Å². The number of thiazole rings is 1. The number of nitrogens with zero attached hydrogens (tertiary/aromatic N) is 3. The van der Waals surface area contributed by atoms with Crippen molar-refractivity contribution in [1.82, 2.24) is 30.9 Å². The first-order valence-corrected chi connectivity index (χ1v) is 33.3. The summed E-state index contributed by atoms with van der Waals surface area (Å²) < 4.78 is 84.6. The number of hydrogen-bond donors (Lipinski definition) is 9. The van der Waals surface area contributed by atoms with Crippen LogP contribution in [0.5, 0.6) is 34.5 Å². The van der Waals surface area contributed by atoms with Crippen LogP contribution in [0.15, 0.2) is 153 Å². The summed E-state index contributed by atoms with van der Waals surface area (Å²) in [6.45, 7) is 6.42. The fraction of sp³-hybridized carbons (Fsp3) is 0.200. The molecule has 3 aliphatic rings. The molecule has 3 aliphatic carbocycles. The molecule has 23 nitrogen and oxygen atoms in total. The lowest BCUT2D eigenvalue weighted by atomic mass is 9.78. The van der Waals surface area contributed by atoms with Gasteiger partial charge in [-0.15, -0.1) is 11.3 Å². The van der Waals surface area contributed by atoms with E-state index >= 15 is 0 Å². The normalized spacial score (nSPS) is 13.7. The summed E-state index contributed by atoms with van der Waals surface area (Å²) >= 11 is 1.46. The Hall–Kier alpha value is -11.2. The van der Waals surface area contributed by atoms with Crippen LogP contribution in [0, 0.1) is 17.5 Å². The number of methoxy groups -OCH3 is 6. The van der Waals surface area contributed by atoms with Gasteiger partial charge in [0.05, 0.1) is 110 Å². The number of hydrogen-bond acceptors (Lipinski definition) is 21. The first kappa shape index (κ1) is 76.4. The fourth-order valence-corrected chi connectivity index (χ4v) is 13.1. The molecule has 540 valence electrons. The molecule has 0 radical (unpaired) electrons. The summed E-state index contributed by atoms with van der Waals surface area (Å²) in [7, 11) is 3.22. The van der Waals surface area contributed by atoms with Crippen molar-refractivity contribution in [2.24, 2.45) is 0 Å². The highest BCUT2D eigenvalue weighted by molar-refractivity contribution is 7.09. The van der Waals surface area contributed by atoms with Gasteiger partial charge in [0, 0.05) is 11.6 Å². The van der Waals surface area contributed by atoms with E-state index in [2.05, 4.69) is 30.9 Å². The van der Waals surface area contributed by atoms with Gasteiger partial charge in [-0.05, 0) is 212 Å². The Kier molecular flexibility index (Phi) is 25.0. The van der Waals surface area contributed by atoms with Crippen LogP contribution in [-0.4, -0.2) is 127 Å². The minimum Gasteiger partial charge on any atom is -0.497 e. The number of fused-ring (bicyclic) bond motifs is 3. The smallest absolute Gasteiger partial charge is 0.496 e. The summed E-state index contributed by atoms with van der Waals surface area (Å²) in [6.07, 6.45) is 13.1. The number of carbonyl (C=O) groups is 3. The second kappa shape index (κ2) is 34.4. The zero-order chi connectivity index (χ0) is 75.3. The fourth-order valence-electron chi connectivity index (χ4n) is 12.5. The number of rotatable bonds is 24. The largest absolute Gasteiger partial charge is 0.497 e. The molecule has 0 atom stereocenters. The summed E-state index contributed by atoms with van der Waals surface area (Å²) in [6, 6.07) is 23.4. The van der Waals surface area contributed by atoms with E-state index in [-0.39, 0.29) is 107 Å². The van der Waals surface area contributed by atoms with Crippen molar-refractivity contribution in [2.75, 3.05) is 42.7 Å². The lowest BCUT2D eigenvalue weighted by molar-refractivity contribution is -0.121. The zero-order valence-corrected chi connectivity index (χ0v) is 59.2. The third-order valence-corrected chi connectivity index (χ3v) is 18.4. The van der Waals surface area contributed by atoms with Crippen LogP contribution < -0.4 is 60.8 Å². The summed E-state index contributed by atoms with van der Waals surface area (Å²) in [5, 5.41) is 69.5. The Morgan fingerprint density at radius 3 is 1.12 bits per heavy atom. The molecule has 0 aliphatic heterocycles. The van der Waals surface area contributed by atoms with Gasteiger partial charge in [0.1, 0.15) is 69.0 Å². The van der Waals surface area contributed by atoms with E-state index in [1.54, 1.807) is 60.8 Å². The van der Waals surface area contributed by atoms with Crippen LogP contribution in [0.3, 0.4) is 0 Å². The minimum atomic E-state index is -1.78. The van der Waals surface area contributed by atoms with Gasteiger partial charge in [0.2, 0.25) is 17.7 Å². The third kappa shape index (κ3) is 17.7. The molecule has 0 fully saturated rings. The van der Waals surface area contributed by atoms with Gasteiger partial charge in [-0.1, -0.05) is 18.2 Å². The summed E-state index contributed by atoms with van der Waals surface area (Å²) in [5.41, 5.74) is 14.4. The number of benzene rings is 6. The number of aromatic nitrogens is 3. The van der Waals surface area contributed by atoms with E-state index < -0.39 is 33.0 Å². The first-order valence-electron chi connectivity index (χ1n) is 32.4. The zero-order valence-electron chi connectivity index (χ0n) is 58.4. The molecule has 0 spiro atoms. The quantitative estimate of drug-likeness (QED) is 0.0258. The molecule has 6 aromatic carbocycles. The molecule has 12 rings (SSSR count). The van der Waals surface area contributed by atoms with Crippen molar-refractivity contribution < 1.29 is 95.0 Å². The van der Waals surface area contributed by atoms with Crippen molar-refractivity contribution in [3.8, 4) is 34.5 Å². The van der Waals surface area contributed by atoms with Gasteiger partial charge in [-0.25, -0.2) is 28.1 Å². The molecular weight excluding hydrogens is 1380 g/mol. The molecule has 9 aromatic rings. The monoisotopic (exact) mass is 1450 g/mol. The van der Waals surface area contributed by atoms with E-state index in [0.717, 1.165) is 60.7 Å². The Morgan fingerprint density at radius 2 is 0.829 bits per heavy atom. The highest BCUT2D eigenvalue weighted by atomic mass is 32.1.